The Labute approximate surface area is 128 Å². The van der Waals surface area contributed by atoms with Gasteiger partial charge >= 0.3 is 0 Å². The van der Waals surface area contributed by atoms with E-state index in [9.17, 15) is 4.79 Å². The molecule has 1 aromatic carbocycles. The molecule has 0 N–H and O–H groups in total. The fraction of sp³-hybridized carbons (Fsp3) is 0.375. The van der Waals surface area contributed by atoms with E-state index >= 15 is 0 Å². The normalized spacial score (nSPS) is 14.4. The molecule has 2 heterocycles. The lowest BCUT2D eigenvalue weighted by Gasteiger charge is -2.29. The van der Waals surface area contributed by atoms with E-state index in [1.165, 1.54) is 6.39 Å². The number of hydrogen-bond acceptors (Lipinski definition) is 3. The molecule has 0 bridgehead atoms. The summed E-state index contributed by atoms with van der Waals surface area (Å²) in [5.41, 5.74) is 2.68. The maximum Gasteiger partial charge on any atom is 0.276 e. The van der Waals surface area contributed by atoms with Gasteiger partial charge in [0.15, 0.2) is 12.1 Å². The first kappa shape index (κ1) is 14.1. The van der Waals surface area contributed by atoms with Crippen molar-refractivity contribution in [3.63, 3.8) is 0 Å². The molecule has 1 aromatic heterocycles. The van der Waals surface area contributed by atoms with Gasteiger partial charge in [0, 0.05) is 24.0 Å². The third-order valence-corrected chi connectivity index (χ3v) is 4.17. The average molecular weight is 305 g/mol. The number of carbonyl (C=O) groups excluding carboxylic acids is 1. The van der Waals surface area contributed by atoms with Crippen LogP contribution in [-0.2, 0) is 13.0 Å². The third kappa shape index (κ3) is 2.56. The molecule has 0 radical (unpaired) electrons. The van der Waals surface area contributed by atoms with Gasteiger partial charge in [-0.25, -0.2) is 4.98 Å². The number of amides is 1. The van der Waals surface area contributed by atoms with Gasteiger partial charge in [0.25, 0.3) is 5.91 Å². The summed E-state index contributed by atoms with van der Waals surface area (Å²) in [6.45, 7) is 5.20. The number of benzene rings is 1. The Morgan fingerprint density at radius 3 is 3.00 bits per heavy atom. The van der Waals surface area contributed by atoms with E-state index in [1.54, 1.807) is 0 Å². The number of nitrogens with zero attached hydrogens (tertiary/aromatic N) is 2. The quantitative estimate of drug-likeness (QED) is 0.851. The first-order valence-corrected chi connectivity index (χ1v) is 7.44. The summed E-state index contributed by atoms with van der Waals surface area (Å²) in [6.07, 6.45) is 2.12. The van der Waals surface area contributed by atoms with Gasteiger partial charge in [0.1, 0.15) is 5.76 Å². The van der Waals surface area contributed by atoms with Crippen LogP contribution in [0, 0.1) is 0 Å². The van der Waals surface area contributed by atoms with Crippen molar-refractivity contribution in [3.05, 3.63) is 52.2 Å². The topological polar surface area (TPSA) is 46.3 Å². The second-order valence-electron chi connectivity index (χ2n) is 5.57. The minimum atomic E-state index is -0.0712. The van der Waals surface area contributed by atoms with Crippen LogP contribution in [0.15, 0.2) is 29.0 Å². The molecule has 21 heavy (non-hydrogen) atoms. The summed E-state index contributed by atoms with van der Waals surface area (Å²) in [5, 5.41) is 0.781. The summed E-state index contributed by atoms with van der Waals surface area (Å²) >= 11 is 6.21. The molecule has 0 fully saturated rings. The number of carbonyl (C=O) groups is 1. The van der Waals surface area contributed by atoms with Crippen LogP contribution in [0.2, 0.25) is 5.02 Å². The van der Waals surface area contributed by atoms with Crippen LogP contribution in [0.4, 0.5) is 0 Å². The van der Waals surface area contributed by atoms with E-state index in [2.05, 4.69) is 4.98 Å². The highest BCUT2D eigenvalue weighted by molar-refractivity contribution is 6.31. The van der Waals surface area contributed by atoms with Gasteiger partial charge in [-0.2, -0.15) is 0 Å². The lowest BCUT2D eigenvalue weighted by atomic mass is 9.99. The van der Waals surface area contributed by atoms with Crippen LogP contribution in [0.1, 0.15) is 47.1 Å². The Hall–Kier alpha value is -1.81. The summed E-state index contributed by atoms with van der Waals surface area (Å²) in [4.78, 5) is 18.6. The van der Waals surface area contributed by atoms with E-state index in [4.69, 9.17) is 16.0 Å². The first-order valence-electron chi connectivity index (χ1n) is 7.07. The standard InChI is InChI=1S/C16H17ClN2O2/c1-10(2)15-14(18-9-21-15)16(20)19-7-6-12-11(8-19)4-3-5-13(12)17/h3-5,9-10H,6-8H2,1-2H3. The van der Waals surface area contributed by atoms with E-state index in [1.807, 2.05) is 36.9 Å². The molecule has 3 rings (SSSR count). The number of aromatic nitrogens is 1. The Morgan fingerprint density at radius 2 is 2.24 bits per heavy atom. The Kier molecular flexibility index (Phi) is 3.72. The molecule has 0 aliphatic carbocycles. The summed E-state index contributed by atoms with van der Waals surface area (Å²) < 4.78 is 5.35. The average Bonchev–Trinajstić information content (AvgIpc) is 2.96. The molecule has 1 aliphatic heterocycles. The monoisotopic (exact) mass is 304 g/mol. The van der Waals surface area contributed by atoms with Crippen molar-refractivity contribution in [1.29, 1.82) is 0 Å². The van der Waals surface area contributed by atoms with Crippen molar-refractivity contribution >= 4 is 17.5 Å². The van der Waals surface area contributed by atoms with Gasteiger partial charge in [-0.1, -0.05) is 37.6 Å². The van der Waals surface area contributed by atoms with Gasteiger partial charge in [0.05, 0.1) is 0 Å². The van der Waals surface area contributed by atoms with Crippen molar-refractivity contribution in [2.24, 2.45) is 0 Å². The Bertz CT molecular complexity index is 679. The molecule has 0 atom stereocenters. The summed E-state index contributed by atoms with van der Waals surface area (Å²) in [7, 11) is 0. The Morgan fingerprint density at radius 1 is 1.43 bits per heavy atom. The smallest absolute Gasteiger partial charge is 0.276 e. The maximum atomic E-state index is 12.7. The zero-order valence-corrected chi connectivity index (χ0v) is 12.9. The predicted octanol–water partition coefficient (Wildman–Crippen LogP) is 3.65. The molecule has 0 unspecified atom stereocenters. The fourth-order valence-electron chi connectivity index (χ4n) is 2.71. The highest BCUT2D eigenvalue weighted by atomic mass is 35.5. The van der Waals surface area contributed by atoms with Gasteiger partial charge in [-0.3, -0.25) is 4.79 Å². The van der Waals surface area contributed by atoms with Crippen molar-refractivity contribution in [2.45, 2.75) is 32.7 Å². The van der Waals surface area contributed by atoms with Gasteiger partial charge < -0.3 is 9.32 Å². The summed E-state index contributed by atoms with van der Waals surface area (Å²) in [6, 6.07) is 5.84. The third-order valence-electron chi connectivity index (χ3n) is 3.82. The largest absolute Gasteiger partial charge is 0.447 e. The number of oxazole rings is 1. The lowest BCUT2D eigenvalue weighted by molar-refractivity contribution is 0.0726. The highest BCUT2D eigenvalue weighted by Crippen LogP contribution is 2.27. The van der Waals surface area contributed by atoms with Gasteiger partial charge in [0.2, 0.25) is 0 Å². The lowest BCUT2D eigenvalue weighted by Crippen LogP contribution is -2.36. The molecule has 4 nitrogen and oxygen atoms in total. The SMILES string of the molecule is CC(C)c1ocnc1C(=O)N1CCc2c(Cl)cccc2C1. The molecule has 110 valence electrons. The van der Waals surface area contributed by atoms with Gasteiger partial charge in [-0.05, 0) is 23.6 Å². The van der Waals surface area contributed by atoms with Gasteiger partial charge in [-0.15, -0.1) is 0 Å². The molecule has 0 saturated carbocycles. The van der Waals surface area contributed by atoms with Crippen LogP contribution in [0.5, 0.6) is 0 Å². The molecule has 1 aliphatic rings. The molecule has 2 aromatic rings. The molecule has 0 spiro atoms. The van der Waals surface area contributed by atoms with E-state index < -0.39 is 0 Å². The molecular formula is C16H17ClN2O2. The van der Waals surface area contributed by atoms with Crippen molar-refractivity contribution in [1.82, 2.24) is 9.88 Å². The van der Waals surface area contributed by atoms with E-state index in [0.717, 1.165) is 22.6 Å². The van der Waals surface area contributed by atoms with Crippen LogP contribution >= 0.6 is 11.6 Å². The first-order chi connectivity index (χ1) is 10.1. The number of rotatable bonds is 2. The van der Waals surface area contributed by atoms with E-state index in [0.29, 0.717) is 24.5 Å². The number of fused-ring (bicyclic) bond motifs is 1. The van der Waals surface area contributed by atoms with Crippen molar-refractivity contribution in [2.75, 3.05) is 6.54 Å². The fourth-order valence-corrected chi connectivity index (χ4v) is 3.00. The zero-order valence-electron chi connectivity index (χ0n) is 12.1. The van der Waals surface area contributed by atoms with E-state index in [-0.39, 0.29) is 11.8 Å². The van der Waals surface area contributed by atoms with Crippen LogP contribution in [0.3, 0.4) is 0 Å². The minimum Gasteiger partial charge on any atom is -0.447 e. The predicted molar refractivity (Wildman–Crippen MR) is 80.5 cm³/mol. The highest BCUT2D eigenvalue weighted by Gasteiger charge is 2.27. The second-order valence-corrected chi connectivity index (χ2v) is 5.98. The molecule has 0 saturated heterocycles. The molecule has 5 heteroatoms. The van der Waals surface area contributed by atoms with Crippen LogP contribution in [-0.4, -0.2) is 22.3 Å². The number of halogens is 1. The maximum absolute atomic E-state index is 12.7. The van der Waals surface area contributed by atoms with Crippen molar-refractivity contribution in [3.8, 4) is 0 Å². The number of hydrogen-bond donors (Lipinski definition) is 0. The minimum absolute atomic E-state index is 0.0712. The second kappa shape index (κ2) is 5.53. The molecular weight excluding hydrogens is 288 g/mol. The van der Waals surface area contributed by atoms with Crippen LogP contribution in [0.25, 0.3) is 0 Å². The molecule has 1 amide bonds. The van der Waals surface area contributed by atoms with Crippen LogP contribution < -0.4 is 0 Å². The summed E-state index contributed by atoms with van der Waals surface area (Å²) in [5.74, 6) is 0.716. The zero-order chi connectivity index (χ0) is 15.0. The Balaban J connectivity index is 1.86. The van der Waals surface area contributed by atoms with Crippen molar-refractivity contribution < 1.29 is 9.21 Å².